The number of fused-ring (bicyclic) bond motifs is 1. The average molecular weight is 486 g/mol. The number of carbonyl (C=O) groups is 1. The molecule has 4 aromatic rings. The molecule has 1 atom stereocenters. The van der Waals surface area contributed by atoms with Gasteiger partial charge in [0, 0.05) is 12.1 Å². The second kappa shape index (κ2) is 11.1. The number of methoxy groups -OCH3 is 1. The van der Waals surface area contributed by atoms with Crippen LogP contribution in [-0.2, 0) is 0 Å². The van der Waals surface area contributed by atoms with Crippen molar-refractivity contribution in [3.05, 3.63) is 94.5 Å². The van der Waals surface area contributed by atoms with Crippen LogP contribution in [0.1, 0.15) is 49.4 Å². The molecule has 1 amide bonds. The highest BCUT2D eigenvalue weighted by Crippen LogP contribution is 2.29. The zero-order chi connectivity index (χ0) is 25.7. The fraction of sp³-hybridized carbons (Fsp3) is 0.276. The van der Waals surface area contributed by atoms with Crippen LogP contribution in [0.15, 0.2) is 77.6 Å². The molecule has 4 rings (SSSR count). The molecule has 186 valence electrons. The van der Waals surface area contributed by atoms with Crippen molar-refractivity contribution in [2.24, 2.45) is 0 Å². The molecule has 1 aromatic heterocycles. The van der Waals surface area contributed by atoms with Crippen LogP contribution in [-0.4, -0.2) is 40.6 Å². The van der Waals surface area contributed by atoms with E-state index in [4.69, 9.17) is 14.5 Å². The number of amides is 1. The van der Waals surface area contributed by atoms with E-state index in [1.165, 1.54) is 0 Å². The van der Waals surface area contributed by atoms with Gasteiger partial charge in [-0.25, -0.2) is 4.98 Å². The smallest absolute Gasteiger partial charge is 0.266 e. The zero-order valence-electron chi connectivity index (χ0n) is 21.1. The lowest BCUT2D eigenvalue weighted by Crippen LogP contribution is -2.38. The van der Waals surface area contributed by atoms with Gasteiger partial charge in [-0.2, -0.15) is 0 Å². The molecule has 0 aliphatic carbocycles. The Kier molecular flexibility index (Phi) is 7.68. The SMILES string of the molecule is CCCN(C(=O)c1cccc(OC)c1)[C@@H](C)c1nc2ccccc2c(=O)n1-c1ccccc1OCC. The maximum Gasteiger partial charge on any atom is 0.266 e. The summed E-state index contributed by atoms with van der Waals surface area (Å²) < 4.78 is 12.8. The lowest BCUT2D eigenvalue weighted by Gasteiger charge is -2.30. The van der Waals surface area contributed by atoms with E-state index in [0.717, 1.165) is 6.42 Å². The topological polar surface area (TPSA) is 73.7 Å². The van der Waals surface area contributed by atoms with Crippen molar-refractivity contribution in [2.45, 2.75) is 33.2 Å². The van der Waals surface area contributed by atoms with Gasteiger partial charge in [-0.05, 0) is 62.7 Å². The number of hydrogen-bond donors (Lipinski definition) is 0. The van der Waals surface area contributed by atoms with E-state index in [1.807, 2.05) is 63.2 Å². The molecule has 0 unspecified atom stereocenters. The Hall–Kier alpha value is -4.13. The highest BCUT2D eigenvalue weighted by Gasteiger charge is 2.28. The van der Waals surface area contributed by atoms with E-state index >= 15 is 0 Å². The molecule has 0 bridgehead atoms. The van der Waals surface area contributed by atoms with Gasteiger partial charge in [-0.3, -0.25) is 14.2 Å². The number of nitrogens with zero attached hydrogens (tertiary/aromatic N) is 3. The van der Waals surface area contributed by atoms with Crippen LogP contribution in [0.25, 0.3) is 16.6 Å². The molecule has 0 N–H and O–H groups in total. The quantitative estimate of drug-likeness (QED) is 0.317. The molecule has 0 saturated heterocycles. The van der Waals surface area contributed by atoms with Gasteiger partial charge in [0.25, 0.3) is 11.5 Å². The number of benzene rings is 3. The zero-order valence-corrected chi connectivity index (χ0v) is 21.1. The van der Waals surface area contributed by atoms with E-state index in [-0.39, 0.29) is 11.5 Å². The number of hydrogen-bond acceptors (Lipinski definition) is 5. The van der Waals surface area contributed by atoms with Gasteiger partial charge in [0.15, 0.2) is 0 Å². The fourth-order valence-corrected chi connectivity index (χ4v) is 4.36. The minimum absolute atomic E-state index is 0.157. The van der Waals surface area contributed by atoms with Crippen LogP contribution in [0.5, 0.6) is 11.5 Å². The minimum Gasteiger partial charge on any atom is -0.497 e. The fourth-order valence-electron chi connectivity index (χ4n) is 4.36. The molecule has 0 spiro atoms. The molecule has 1 heterocycles. The Labute approximate surface area is 210 Å². The lowest BCUT2D eigenvalue weighted by molar-refractivity contribution is 0.0681. The van der Waals surface area contributed by atoms with Crippen LogP contribution in [0.4, 0.5) is 0 Å². The average Bonchev–Trinajstić information content (AvgIpc) is 2.91. The first-order valence-corrected chi connectivity index (χ1v) is 12.2. The molecule has 3 aromatic carbocycles. The Morgan fingerprint density at radius 1 is 1.03 bits per heavy atom. The van der Waals surface area contributed by atoms with E-state index in [9.17, 15) is 9.59 Å². The van der Waals surface area contributed by atoms with Crippen LogP contribution in [0.2, 0.25) is 0 Å². The summed E-state index contributed by atoms with van der Waals surface area (Å²) in [7, 11) is 1.57. The molecule has 36 heavy (non-hydrogen) atoms. The largest absolute Gasteiger partial charge is 0.497 e. The van der Waals surface area contributed by atoms with E-state index < -0.39 is 6.04 Å². The molecule has 0 radical (unpaired) electrons. The first-order chi connectivity index (χ1) is 17.5. The third-order valence-electron chi connectivity index (χ3n) is 6.09. The van der Waals surface area contributed by atoms with Gasteiger partial charge < -0.3 is 14.4 Å². The van der Waals surface area contributed by atoms with Crippen LogP contribution >= 0.6 is 0 Å². The van der Waals surface area contributed by atoms with Crippen molar-refractivity contribution >= 4 is 16.8 Å². The van der Waals surface area contributed by atoms with Crippen molar-refractivity contribution in [1.29, 1.82) is 0 Å². The van der Waals surface area contributed by atoms with E-state index in [1.54, 1.807) is 46.9 Å². The number of ether oxygens (including phenoxy) is 2. The number of aromatic nitrogens is 2. The van der Waals surface area contributed by atoms with Crippen molar-refractivity contribution in [3.8, 4) is 17.2 Å². The van der Waals surface area contributed by atoms with Gasteiger partial charge in [-0.15, -0.1) is 0 Å². The standard InChI is InChI=1S/C29H31N3O4/c1-5-18-31(28(33)21-12-11-13-22(19-21)35-4)20(3)27-30-24-15-8-7-14-23(24)29(34)32(27)25-16-9-10-17-26(25)36-6-2/h7-17,19-20H,5-6,18H2,1-4H3/t20-/m0/s1. The summed E-state index contributed by atoms with van der Waals surface area (Å²) in [6.45, 7) is 6.77. The summed E-state index contributed by atoms with van der Waals surface area (Å²) in [6, 6.07) is 21.3. The van der Waals surface area contributed by atoms with Gasteiger partial charge in [0.2, 0.25) is 0 Å². The van der Waals surface area contributed by atoms with Crippen molar-refractivity contribution in [1.82, 2.24) is 14.5 Å². The predicted molar refractivity (Wildman–Crippen MR) is 141 cm³/mol. The van der Waals surface area contributed by atoms with Crippen molar-refractivity contribution in [3.63, 3.8) is 0 Å². The van der Waals surface area contributed by atoms with Gasteiger partial charge >= 0.3 is 0 Å². The molecule has 0 fully saturated rings. The first-order valence-electron chi connectivity index (χ1n) is 12.2. The monoisotopic (exact) mass is 485 g/mol. The van der Waals surface area contributed by atoms with E-state index in [2.05, 4.69) is 0 Å². The summed E-state index contributed by atoms with van der Waals surface area (Å²) in [6.07, 6.45) is 0.743. The van der Waals surface area contributed by atoms with Crippen LogP contribution in [0, 0.1) is 0 Å². The van der Waals surface area contributed by atoms with Gasteiger partial charge in [-0.1, -0.05) is 37.3 Å². The maximum absolute atomic E-state index is 13.9. The number of carbonyl (C=O) groups excluding carboxylic acids is 1. The second-order valence-corrected chi connectivity index (χ2v) is 8.43. The van der Waals surface area contributed by atoms with Crippen LogP contribution in [0.3, 0.4) is 0 Å². The molecule has 0 aliphatic rings. The Morgan fingerprint density at radius 3 is 2.53 bits per heavy atom. The Bertz CT molecular complexity index is 1430. The van der Waals surface area contributed by atoms with Gasteiger partial charge in [0.1, 0.15) is 17.3 Å². The second-order valence-electron chi connectivity index (χ2n) is 8.43. The van der Waals surface area contributed by atoms with E-state index in [0.29, 0.717) is 52.6 Å². The molecule has 7 heteroatoms. The predicted octanol–water partition coefficient (Wildman–Crippen LogP) is 5.41. The summed E-state index contributed by atoms with van der Waals surface area (Å²) in [5.74, 6) is 1.50. The molecular formula is C29H31N3O4. The minimum atomic E-state index is -0.504. The molecular weight excluding hydrogens is 454 g/mol. The van der Waals surface area contributed by atoms with Crippen molar-refractivity contribution in [2.75, 3.05) is 20.3 Å². The number of rotatable bonds is 9. The summed E-state index contributed by atoms with van der Waals surface area (Å²) >= 11 is 0. The summed E-state index contributed by atoms with van der Waals surface area (Å²) in [5, 5.41) is 0.501. The number of para-hydroxylation sites is 3. The van der Waals surface area contributed by atoms with Crippen molar-refractivity contribution < 1.29 is 14.3 Å². The highest BCUT2D eigenvalue weighted by atomic mass is 16.5. The molecule has 0 aliphatic heterocycles. The van der Waals surface area contributed by atoms with Gasteiger partial charge in [0.05, 0.1) is 36.3 Å². The molecule has 0 saturated carbocycles. The first kappa shape index (κ1) is 25.0. The highest BCUT2D eigenvalue weighted by molar-refractivity contribution is 5.95. The molecule has 7 nitrogen and oxygen atoms in total. The summed E-state index contributed by atoms with van der Waals surface area (Å²) in [4.78, 5) is 34.2. The Morgan fingerprint density at radius 2 is 1.78 bits per heavy atom. The third kappa shape index (κ3) is 4.82. The summed E-state index contributed by atoms with van der Waals surface area (Å²) in [5.41, 5.74) is 1.48. The third-order valence-corrected chi connectivity index (χ3v) is 6.09. The van der Waals surface area contributed by atoms with Crippen LogP contribution < -0.4 is 15.0 Å². The maximum atomic E-state index is 13.9. The lowest BCUT2D eigenvalue weighted by atomic mass is 10.1. The Balaban J connectivity index is 1.92. The normalized spacial score (nSPS) is 11.8.